The molecule has 0 N–H and O–H groups in total. The summed E-state index contributed by atoms with van der Waals surface area (Å²) in [6.07, 6.45) is 4.16. The second-order valence-electron chi connectivity index (χ2n) is 10.9. The molecule has 42 heavy (non-hydrogen) atoms. The number of halogens is 2. The third kappa shape index (κ3) is 5.51. The van der Waals surface area contributed by atoms with Crippen LogP contribution in [-0.4, -0.2) is 23.1 Å². The molecule has 0 atom stereocenters. The number of ketones is 2. The molecule has 1 heterocycles. The average Bonchev–Trinajstić information content (AvgIpc) is 2.99. The number of hydrogen-bond acceptors (Lipinski definition) is 5. The molecular formula is C35H33FINO4. The van der Waals surface area contributed by atoms with Gasteiger partial charge in [-0.1, -0.05) is 48.5 Å². The summed E-state index contributed by atoms with van der Waals surface area (Å²) in [5.41, 5.74) is 6.02. The Balaban J connectivity index is 1.46. The normalized spacial score (nSPS) is 17.4. The Hall–Kier alpha value is -3.46. The molecule has 0 bridgehead atoms. The molecular weight excluding hydrogens is 644 g/mol. The van der Waals surface area contributed by atoms with Gasteiger partial charge >= 0.3 is 0 Å². The van der Waals surface area contributed by atoms with Crippen LogP contribution in [-0.2, 0) is 22.7 Å². The molecule has 0 saturated carbocycles. The first-order valence-corrected chi connectivity index (χ1v) is 15.7. The Morgan fingerprint density at radius 2 is 1.50 bits per heavy atom. The van der Waals surface area contributed by atoms with Crippen LogP contribution in [0.2, 0.25) is 0 Å². The number of carbonyl (C=O) groups is 2. The van der Waals surface area contributed by atoms with Crippen molar-refractivity contribution in [3.05, 3.63) is 115 Å². The van der Waals surface area contributed by atoms with Crippen molar-refractivity contribution in [2.75, 3.05) is 6.61 Å². The van der Waals surface area contributed by atoms with E-state index < -0.39 is 5.92 Å². The van der Waals surface area contributed by atoms with E-state index in [1.165, 1.54) is 6.07 Å². The summed E-state index contributed by atoms with van der Waals surface area (Å²) in [5, 5.41) is 0. The van der Waals surface area contributed by atoms with E-state index in [1.54, 1.807) is 18.2 Å². The lowest BCUT2D eigenvalue weighted by Gasteiger charge is -2.44. The highest BCUT2D eigenvalue weighted by atomic mass is 127. The van der Waals surface area contributed by atoms with Gasteiger partial charge in [0.2, 0.25) is 0 Å². The standard InChI is InChI=1S/C35H33FINO4/c1-2-41-31-19-24(18-26(37)35(31)42-21-23-12-6-7-13-25(23)36)32-33-27(14-8-16-29(33)39)38(20-22-10-4-3-5-11-22)28-15-9-17-30(40)34(28)32/h3-7,10-13,18-19,32H,2,8-9,14-17,20-21H2,1H3. The fourth-order valence-corrected chi connectivity index (χ4v) is 7.21. The molecule has 0 aromatic heterocycles. The molecule has 1 aliphatic heterocycles. The molecule has 0 radical (unpaired) electrons. The third-order valence-electron chi connectivity index (χ3n) is 8.26. The number of rotatable bonds is 8. The van der Waals surface area contributed by atoms with Gasteiger partial charge in [0, 0.05) is 53.4 Å². The highest BCUT2D eigenvalue weighted by molar-refractivity contribution is 14.1. The van der Waals surface area contributed by atoms with Crippen LogP contribution >= 0.6 is 22.6 Å². The summed E-state index contributed by atoms with van der Waals surface area (Å²) >= 11 is 2.21. The van der Waals surface area contributed by atoms with Crippen LogP contribution < -0.4 is 9.47 Å². The van der Waals surface area contributed by atoms with Gasteiger partial charge in [-0.05, 0) is 84.5 Å². The molecule has 5 nitrogen and oxygen atoms in total. The topological polar surface area (TPSA) is 55.8 Å². The van der Waals surface area contributed by atoms with E-state index in [0.29, 0.717) is 43.1 Å². The van der Waals surface area contributed by atoms with E-state index in [0.717, 1.165) is 62.9 Å². The van der Waals surface area contributed by atoms with E-state index in [-0.39, 0.29) is 24.0 Å². The fraction of sp³-hybridized carbons (Fsp3) is 0.314. The first-order valence-electron chi connectivity index (χ1n) is 14.6. The lowest BCUT2D eigenvalue weighted by atomic mass is 9.71. The van der Waals surface area contributed by atoms with Gasteiger partial charge in [0.15, 0.2) is 23.1 Å². The Morgan fingerprint density at radius 3 is 2.14 bits per heavy atom. The van der Waals surface area contributed by atoms with Crippen LogP contribution in [0.1, 0.15) is 68.1 Å². The van der Waals surface area contributed by atoms with Crippen molar-refractivity contribution in [2.45, 2.75) is 64.5 Å². The number of hydrogen-bond donors (Lipinski definition) is 0. The van der Waals surface area contributed by atoms with Gasteiger partial charge in [-0.2, -0.15) is 0 Å². The van der Waals surface area contributed by atoms with Crippen molar-refractivity contribution in [3.8, 4) is 11.5 Å². The second-order valence-corrected chi connectivity index (χ2v) is 12.1. The zero-order chi connectivity index (χ0) is 29.2. The summed E-state index contributed by atoms with van der Waals surface area (Å²) < 4.78 is 27.3. The summed E-state index contributed by atoms with van der Waals surface area (Å²) in [5.74, 6) is 0.498. The number of ether oxygens (including phenoxy) is 2. The zero-order valence-corrected chi connectivity index (χ0v) is 25.8. The SMILES string of the molecule is CCOc1cc(C2C3=C(CCCC3=O)N(Cc3ccccc3)C3=C2C(=O)CCC3)cc(I)c1OCc1ccccc1F. The van der Waals surface area contributed by atoms with Gasteiger partial charge in [0.25, 0.3) is 0 Å². The number of carbonyl (C=O) groups excluding carboxylic acids is 2. The van der Waals surface area contributed by atoms with E-state index in [4.69, 9.17) is 9.47 Å². The van der Waals surface area contributed by atoms with E-state index in [1.807, 2.05) is 37.3 Å². The van der Waals surface area contributed by atoms with Crippen molar-refractivity contribution in [2.24, 2.45) is 0 Å². The highest BCUT2D eigenvalue weighted by Crippen LogP contribution is 2.51. The van der Waals surface area contributed by atoms with Crippen molar-refractivity contribution < 1.29 is 23.5 Å². The van der Waals surface area contributed by atoms with E-state index in [2.05, 4.69) is 39.6 Å². The molecule has 3 aliphatic rings. The average molecular weight is 678 g/mol. The smallest absolute Gasteiger partial charge is 0.174 e. The molecule has 3 aromatic rings. The van der Waals surface area contributed by atoms with Crippen molar-refractivity contribution in [1.29, 1.82) is 0 Å². The molecule has 0 unspecified atom stereocenters. The van der Waals surface area contributed by atoms with Gasteiger partial charge in [-0.25, -0.2) is 4.39 Å². The van der Waals surface area contributed by atoms with Crippen LogP contribution in [0.4, 0.5) is 4.39 Å². The zero-order valence-electron chi connectivity index (χ0n) is 23.6. The highest BCUT2D eigenvalue weighted by Gasteiger charge is 2.43. The summed E-state index contributed by atoms with van der Waals surface area (Å²) in [7, 11) is 0. The van der Waals surface area contributed by atoms with Crippen LogP contribution in [0.15, 0.2) is 89.3 Å². The molecule has 0 saturated heterocycles. The first-order chi connectivity index (χ1) is 20.5. The van der Waals surface area contributed by atoms with Crippen LogP contribution in [0.25, 0.3) is 0 Å². The number of Topliss-reactive ketones (excluding diaryl/α,β-unsaturated/α-hetero) is 2. The predicted octanol–water partition coefficient (Wildman–Crippen LogP) is 8.02. The summed E-state index contributed by atoms with van der Waals surface area (Å²) in [4.78, 5) is 29.7. The molecule has 2 aliphatic carbocycles. The molecule has 6 rings (SSSR count). The van der Waals surface area contributed by atoms with E-state index in [9.17, 15) is 14.0 Å². The Bertz CT molecular complexity index is 1550. The largest absolute Gasteiger partial charge is 0.490 e. The van der Waals surface area contributed by atoms with Crippen molar-refractivity contribution in [3.63, 3.8) is 0 Å². The minimum Gasteiger partial charge on any atom is -0.490 e. The quantitative estimate of drug-likeness (QED) is 0.226. The maximum atomic E-state index is 14.3. The maximum Gasteiger partial charge on any atom is 0.174 e. The lowest BCUT2D eigenvalue weighted by molar-refractivity contribution is -0.117. The molecule has 0 fully saturated rings. The number of nitrogens with zero attached hydrogens (tertiary/aromatic N) is 1. The van der Waals surface area contributed by atoms with Gasteiger partial charge in [0.05, 0.1) is 10.2 Å². The van der Waals surface area contributed by atoms with Gasteiger partial charge in [0.1, 0.15) is 12.4 Å². The number of allylic oxidation sites excluding steroid dienone is 4. The Kier molecular flexibility index (Phi) is 8.47. The second kappa shape index (κ2) is 12.4. The molecule has 0 amide bonds. The van der Waals surface area contributed by atoms with Gasteiger partial charge in [-0.15, -0.1) is 0 Å². The van der Waals surface area contributed by atoms with Gasteiger partial charge in [-0.3, -0.25) is 9.59 Å². The maximum absolute atomic E-state index is 14.3. The van der Waals surface area contributed by atoms with E-state index >= 15 is 0 Å². The molecule has 7 heteroatoms. The Morgan fingerprint density at radius 1 is 0.857 bits per heavy atom. The lowest BCUT2D eigenvalue weighted by Crippen LogP contribution is -2.38. The first kappa shape index (κ1) is 28.6. The third-order valence-corrected chi connectivity index (χ3v) is 9.07. The number of benzene rings is 3. The van der Waals surface area contributed by atoms with Crippen molar-refractivity contribution in [1.82, 2.24) is 4.90 Å². The predicted molar refractivity (Wildman–Crippen MR) is 168 cm³/mol. The summed E-state index contributed by atoms with van der Waals surface area (Å²) in [6, 6.07) is 20.7. The van der Waals surface area contributed by atoms with Gasteiger partial charge < -0.3 is 14.4 Å². The summed E-state index contributed by atoms with van der Waals surface area (Å²) in [6.45, 7) is 3.00. The van der Waals surface area contributed by atoms with Crippen LogP contribution in [0.5, 0.6) is 11.5 Å². The van der Waals surface area contributed by atoms with Crippen LogP contribution in [0.3, 0.4) is 0 Å². The monoisotopic (exact) mass is 677 g/mol. The Labute approximate surface area is 259 Å². The minimum absolute atomic E-state index is 0.0571. The minimum atomic E-state index is -0.448. The van der Waals surface area contributed by atoms with Crippen LogP contribution in [0, 0.1) is 9.39 Å². The van der Waals surface area contributed by atoms with Crippen molar-refractivity contribution >= 4 is 34.2 Å². The fourth-order valence-electron chi connectivity index (χ4n) is 6.43. The molecule has 216 valence electrons. The molecule has 3 aromatic carbocycles. The molecule has 0 spiro atoms.